The Kier molecular flexibility index (Phi) is 3.38. The molecule has 0 fully saturated rings. The molecule has 0 aromatic rings. The van der Waals surface area contributed by atoms with Crippen LogP contribution in [0.4, 0.5) is 0 Å². The van der Waals surface area contributed by atoms with E-state index in [1.165, 1.54) is 5.57 Å². The summed E-state index contributed by atoms with van der Waals surface area (Å²) in [6, 6.07) is 0. The van der Waals surface area contributed by atoms with Gasteiger partial charge in [0, 0.05) is 10.4 Å². The number of hydrogen-bond donors (Lipinski definition) is 0. The monoisotopic (exact) mass is 232 g/mol. The van der Waals surface area contributed by atoms with Crippen LogP contribution in [0.5, 0.6) is 0 Å². The van der Waals surface area contributed by atoms with Crippen molar-refractivity contribution >= 4 is 23.2 Å². The molecule has 80 valence electrons. The van der Waals surface area contributed by atoms with E-state index >= 15 is 0 Å². The smallest absolute Gasteiger partial charge is 0.0692 e. The molecule has 1 rings (SSSR count). The first kappa shape index (κ1) is 12.1. The fourth-order valence-electron chi connectivity index (χ4n) is 2.19. The molecule has 2 heteroatoms. The largest absolute Gasteiger partial charge is 0.114 e. The SMILES string of the molecule is CCC1=C(Cl)C=CC(C)(Cl)C1(C)CC. The third kappa shape index (κ3) is 1.63. The van der Waals surface area contributed by atoms with Crippen LogP contribution in [0.2, 0.25) is 0 Å². The van der Waals surface area contributed by atoms with Crippen LogP contribution < -0.4 is 0 Å². The van der Waals surface area contributed by atoms with Gasteiger partial charge in [0.25, 0.3) is 0 Å². The first-order valence-electron chi connectivity index (χ1n) is 5.16. The van der Waals surface area contributed by atoms with Gasteiger partial charge in [-0.15, -0.1) is 11.6 Å². The lowest BCUT2D eigenvalue weighted by atomic mass is 9.66. The van der Waals surface area contributed by atoms with Crippen molar-refractivity contribution in [1.82, 2.24) is 0 Å². The molecule has 0 radical (unpaired) electrons. The van der Waals surface area contributed by atoms with E-state index in [4.69, 9.17) is 23.2 Å². The Labute approximate surface area is 97.0 Å². The topological polar surface area (TPSA) is 0 Å². The molecule has 0 amide bonds. The quantitative estimate of drug-likeness (QED) is 0.596. The Bertz CT molecular complexity index is 287. The maximum absolute atomic E-state index is 6.54. The molecular formula is C12H18Cl2. The Morgan fingerprint density at radius 3 is 2.21 bits per heavy atom. The van der Waals surface area contributed by atoms with Crippen LogP contribution in [0.3, 0.4) is 0 Å². The van der Waals surface area contributed by atoms with Gasteiger partial charge in [-0.3, -0.25) is 0 Å². The van der Waals surface area contributed by atoms with E-state index in [0.29, 0.717) is 0 Å². The molecule has 0 nitrogen and oxygen atoms in total. The Hall–Kier alpha value is 0.0600. The second-order valence-corrected chi connectivity index (χ2v) is 5.47. The number of halogens is 2. The molecule has 2 unspecified atom stereocenters. The van der Waals surface area contributed by atoms with E-state index in [1.807, 2.05) is 12.2 Å². The molecule has 1 aliphatic rings. The zero-order valence-electron chi connectivity index (χ0n) is 9.32. The molecule has 0 bridgehead atoms. The highest BCUT2D eigenvalue weighted by molar-refractivity contribution is 6.33. The molecule has 0 heterocycles. The van der Waals surface area contributed by atoms with Crippen molar-refractivity contribution in [1.29, 1.82) is 0 Å². The highest BCUT2D eigenvalue weighted by Crippen LogP contribution is 2.51. The average Bonchev–Trinajstić information content (AvgIpc) is 2.13. The van der Waals surface area contributed by atoms with E-state index in [0.717, 1.165) is 17.9 Å². The first-order valence-corrected chi connectivity index (χ1v) is 5.92. The maximum Gasteiger partial charge on any atom is 0.0692 e. The van der Waals surface area contributed by atoms with Gasteiger partial charge in [0.2, 0.25) is 0 Å². The van der Waals surface area contributed by atoms with Crippen molar-refractivity contribution in [2.45, 2.75) is 45.4 Å². The van der Waals surface area contributed by atoms with E-state index in [2.05, 4.69) is 27.7 Å². The molecule has 0 aromatic carbocycles. The van der Waals surface area contributed by atoms with Gasteiger partial charge in [0.1, 0.15) is 0 Å². The average molecular weight is 233 g/mol. The van der Waals surface area contributed by atoms with Crippen molar-refractivity contribution < 1.29 is 0 Å². The van der Waals surface area contributed by atoms with Crippen LogP contribution in [0, 0.1) is 5.41 Å². The predicted molar refractivity (Wildman–Crippen MR) is 65.0 cm³/mol. The second kappa shape index (κ2) is 3.90. The molecular weight excluding hydrogens is 215 g/mol. The predicted octanol–water partition coefficient (Wildman–Crippen LogP) is 4.87. The van der Waals surface area contributed by atoms with Gasteiger partial charge in [-0.1, -0.05) is 38.4 Å². The molecule has 0 saturated heterocycles. The molecule has 1 aliphatic carbocycles. The molecule has 0 aliphatic heterocycles. The minimum Gasteiger partial charge on any atom is -0.114 e. The summed E-state index contributed by atoms with van der Waals surface area (Å²) >= 11 is 12.7. The first-order chi connectivity index (χ1) is 6.39. The van der Waals surface area contributed by atoms with Crippen LogP contribution in [-0.4, -0.2) is 4.87 Å². The van der Waals surface area contributed by atoms with Crippen LogP contribution in [0.25, 0.3) is 0 Å². The lowest BCUT2D eigenvalue weighted by Gasteiger charge is -2.44. The van der Waals surface area contributed by atoms with Gasteiger partial charge in [-0.2, -0.15) is 0 Å². The van der Waals surface area contributed by atoms with Gasteiger partial charge in [-0.05, 0) is 31.4 Å². The summed E-state index contributed by atoms with van der Waals surface area (Å²) < 4.78 is 0. The van der Waals surface area contributed by atoms with Crippen LogP contribution >= 0.6 is 23.2 Å². The Morgan fingerprint density at radius 1 is 1.29 bits per heavy atom. The molecule has 2 atom stereocenters. The fraction of sp³-hybridized carbons (Fsp3) is 0.667. The van der Waals surface area contributed by atoms with E-state index in [9.17, 15) is 0 Å². The van der Waals surface area contributed by atoms with Gasteiger partial charge < -0.3 is 0 Å². The number of allylic oxidation sites excluding steroid dienone is 4. The Balaban J connectivity index is 3.27. The van der Waals surface area contributed by atoms with E-state index in [1.54, 1.807) is 0 Å². The van der Waals surface area contributed by atoms with Crippen molar-refractivity contribution in [2.75, 3.05) is 0 Å². The summed E-state index contributed by atoms with van der Waals surface area (Å²) in [7, 11) is 0. The second-order valence-electron chi connectivity index (χ2n) is 4.27. The third-order valence-corrected chi connectivity index (χ3v) is 4.53. The third-order valence-electron chi connectivity index (χ3n) is 3.64. The molecule has 0 aromatic heterocycles. The highest BCUT2D eigenvalue weighted by Gasteiger charge is 2.44. The fourth-order valence-corrected chi connectivity index (χ4v) is 2.91. The van der Waals surface area contributed by atoms with Gasteiger partial charge >= 0.3 is 0 Å². The number of rotatable bonds is 2. The molecule has 0 spiro atoms. The summed E-state index contributed by atoms with van der Waals surface area (Å²) in [6.45, 7) is 8.57. The Morgan fingerprint density at radius 2 is 1.86 bits per heavy atom. The summed E-state index contributed by atoms with van der Waals surface area (Å²) in [5, 5.41) is 0.870. The summed E-state index contributed by atoms with van der Waals surface area (Å²) in [4.78, 5) is -0.314. The number of hydrogen-bond acceptors (Lipinski definition) is 0. The molecule has 0 saturated carbocycles. The highest BCUT2D eigenvalue weighted by atomic mass is 35.5. The van der Waals surface area contributed by atoms with Gasteiger partial charge in [0.15, 0.2) is 0 Å². The lowest BCUT2D eigenvalue weighted by molar-refractivity contribution is 0.305. The minimum absolute atomic E-state index is 0.0187. The standard InChI is InChI=1S/C12H18Cl2/c1-5-9-10(13)7-8-12(4,14)11(9,3)6-2/h7-8H,5-6H2,1-4H3. The minimum atomic E-state index is -0.314. The zero-order valence-corrected chi connectivity index (χ0v) is 10.8. The van der Waals surface area contributed by atoms with Gasteiger partial charge in [-0.25, -0.2) is 0 Å². The van der Waals surface area contributed by atoms with Crippen LogP contribution in [-0.2, 0) is 0 Å². The van der Waals surface area contributed by atoms with Gasteiger partial charge in [0.05, 0.1) is 4.87 Å². The van der Waals surface area contributed by atoms with Crippen molar-refractivity contribution in [2.24, 2.45) is 5.41 Å². The maximum atomic E-state index is 6.54. The van der Waals surface area contributed by atoms with Crippen molar-refractivity contribution in [3.8, 4) is 0 Å². The molecule has 0 N–H and O–H groups in total. The lowest BCUT2D eigenvalue weighted by Crippen LogP contribution is -2.40. The van der Waals surface area contributed by atoms with E-state index in [-0.39, 0.29) is 10.3 Å². The normalized spacial score (nSPS) is 37.9. The zero-order chi connectivity index (χ0) is 11.0. The summed E-state index contributed by atoms with van der Waals surface area (Å²) in [5.74, 6) is 0. The summed E-state index contributed by atoms with van der Waals surface area (Å²) in [6.07, 6.45) is 5.93. The molecule has 14 heavy (non-hydrogen) atoms. The number of alkyl halides is 1. The van der Waals surface area contributed by atoms with E-state index < -0.39 is 0 Å². The van der Waals surface area contributed by atoms with Crippen molar-refractivity contribution in [3.05, 3.63) is 22.8 Å². The van der Waals surface area contributed by atoms with Crippen LogP contribution in [0.1, 0.15) is 40.5 Å². The van der Waals surface area contributed by atoms with Crippen molar-refractivity contribution in [3.63, 3.8) is 0 Å². The summed E-state index contributed by atoms with van der Waals surface area (Å²) in [5.41, 5.74) is 1.26. The van der Waals surface area contributed by atoms with Crippen LogP contribution in [0.15, 0.2) is 22.8 Å².